The summed E-state index contributed by atoms with van der Waals surface area (Å²) < 4.78 is 0. The van der Waals surface area contributed by atoms with Gasteiger partial charge < -0.3 is 5.11 Å². The Morgan fingerprint density at radius 3 is 2.26 bits per heavy atom. The molecule has 0 bridgehead atoms. The Morgan fingerprint density at radius 1 is 0.737 bits per heavy atom. The maximum Gasteiger partial charge on any atom is 0.104 e. The third-order valence-corrected chi connectivity index (χ3v) is 3.45. The van der Waals surface area contributed by atoms with Crippen molar-refractivity contribution in [1.82, 2.24) is 0 Å². The molecule has 0 spiro atoms. The summed E-state index contributed by atoms with van der Waals surface area (Å²) in [5.74, 6) is 0. The van der Waals surface area contributed by atoms with Crippen molar-refractivity contribution in [2.24, 2.45) is 0 Å². The fraction of sp³-hybridized carbons (Fsp3) is 0.111. The Labute approximate surface area is 113 Å². The SMILES string of the molecule is Cc1cccc(C(O)c2ccc3ccccc3c2)c1. The summed E-state index contributed by atoms with van der Waals surface area (Å²) in [6.45, 7) is 2.04. The van der Waals surface area contributed by atoms with E-state index in [0.29, 0.717) is 0 Å². The summed E-state index contributed by atoms with van der Waals surface area (Å²) in [6, 6.07) is 22.3. The minimum Gasteiger partial charge on any atom is -0.384 e. The zero-order valence-corrected chi connectivity index (χ0v) is 10.9. The van der Waals surface area contributed by atoms with Crippen LogP contribution in [0.25, 0.3) is 10.8 Å². The molecule has 94 valence electrons. The van der Waals surface area contributed by atoms with Gasteiger partial charge in [-0.1, -0.05) is 66.2 Å². The van der Waals surface area contributed by atoms with E-state index < -0.39 is 6.10 Å². The standard InChI is InChI=1S/C18H16O/c1-13-5-4-8-16(11-13)18(19)17-10-9-14-6-2-3-7-15(14)12-17/h2-12,18-19H,1H3. The quantitative estimate of drug-likeness (QED) is 0.719. The van der Waals surface area contributed by atoms with Crippen molar-refractivity contribution in [3.8, 4) is 0 Å². The number of aliphatic hydroxyl groups excluding tert-OH is 1. The van der Waals surface area contributed by atoms with Gasteiger partial charge in [0.15, 0.2) is 0 Å². The van der Waals surface area contributed by atoms with Crippen LogP contribution < -0.4 is 0 Å². The first-order valence-corrected chi connectivity index (χ1v) is 6.47. The minimum absolute atomic E-state index is 0.565. The van der Waals surface area contributed by atoms with Gasteiger partial charge in [-0.2, -0.15) is 0 Å². The Kier molecular flexibility index (Phi) is 3.06. The number of aryl methyl sites for hydroxylation is 1. The number of benzene rings is 3. The molecule has 0 aliphatic heterocycles. The molecule has 0 saturated carbocycles. The number of hydrogen-bond acceptors (Lipinski definition) is 1. The van der Waals surface area contributed by atoms with E-state index in [4.69, 9.17) is 0 Å². The molecule has 1 atom stereocenters. The highest BCUT2D eigenvalue weighted by Crippen LogP contribution is 2.25. The van der Waals surface area contributed by atoms with Crippen LogP contribution >= 0.6 is 0 Å². The second-order valence-corrected chi connectivity index (χ2v) is 4.92. The Hall–Kier alpha value is -2.12. The predicted molar refractivity (Wildman–Crippen MR) is 79.2 cm³/mol. The number of hydrogen-bond donors (Lipinski definition) is 1. The third-order valence-electron chi connectivity index (χ3n) is 3.45. The first kappa shape index (κ1) is 11.9. The van der Waals surface area contributed by atoms with E-state index in [1.54, 1.807) is 0 Å². The lowest BCUT2D eigenvalue weighted by atomic mass is 9.97. The Morgan fingerprint density at radius 2 is 1.47 bits per heavy atom. The summed E-state index contributed by atoms with van der Waals surface area (Å²) in [4.78, 5) is 0. The monoisotopic (exact) mass is 248 g/mol. The molecular weight excluding hydrogens is 232 g/mol. The summed E-state index contributed by atoms with van der Waals surface area (Å²) in [7, 11) is 0. The zero-order valence-electron chi connectivity index (χ0n) is 10.9. The molecule has 1 nitrogen and oxygen atoms in total. The molecule has 3 aromatic rings. The van der Waals surface area contributed by atoms with Gasteiger partial charge in [-0.3, -0.25) is 0 Å². The molecule has 0 heterocycles. The second kappa shape index (κ2) is 4.87. The van der Waals surface area contributed by atoms with Crippen molar-refractivity contribution in [2.45, 2.75) is 13.0 Å². The van der Waals surface area contributed by atoms with Crippen LogP contribution in [0.4, 0.5) is 0 Å². The number of rotatable bonds is 2. The minimum atomic E-state index is -0.565. The maximum atomic E-state index is 10.5. The van der Waals surface area contributed by atoms with Crippen molar-refractivity contribution in [1.29, 1.82) is 0 Å². The highest BCUT2D eigenvalue weighted by Gasteiger charge is 2.10. The molecule has 19 heavy (non-hydrogen) atoms. The van der Waals surface area contributed by atoms with Crippen LogP contribution in [-0.2, 0) is 0 Å². The molecular formula is C18H16O. The van der Waals surface area contributed by atoms with Crippen molar-refractivity contribution >= 4 is 10.8 Å². The summed E-state index contributed by atoms with van der Waals surface area (Å²) in [5.41, 5.74) is 3.04. The van der Waals surface area contributed by atoms with Crippen molar-refractivity contribution in [2.75, 3.05) is 0 Å². The maximum absolute atomic E-state index is 10.5. The van der Waals surface area contributed by atoms with E-state index in [0.717, 1.165) is 22.1 Å². The number of aliphatic hydroxyl groups is 1. The third kappa shape index (κ3) is 2.38. The second-order valence-electron chi connectivity index (χ2n) is 4.92. The molecule has 0 amide bonds. The molecule has 3 rings (SSSR count). The van der Waals surface area contributed by atoms with Crippen LogP contribution in [0.3, 0.4) is 0 Å². The van der Waals surface area contributed by atoms with Gasteiger partial charge in [-0.05, 0) is 34.9 Å². The van der Waals surface area contributed by atoms with Crippen LogP contribution in [0.15, 0.2) is 66.7 Å². The first-order chi connectivity index (χ1) is 9.24. The van der Waals surface area contributed by atoms with Gasteiger partial charge >= 0.3 is 0 Å². The molecule has 0 saturated heterocycles. The van der Waals surface area contributed by atoms with Crippen LogP contribution in [0.2, 0.25) is 0 Å². The van der Waals surface area contributed by atoms with Gasteiger partial charge in [0, 0.05) is 0 Å². The van der Waals surface area contributed by atoms with Crippen LogP contribution in [0, 0.1) is 6.92 Å². The zero-order chi connectivity index (χ0) is 13.2. The van der Waals surface area contributed by atoms with Crippen LogP contribution in [0.5, 0.6) is 0 Å². The highest BCUT2D eigenvalue weighted by molar-refractivity contribution is 5.83. The van der Waals surface area contributed by atoms with Crippen molar-refractivity contribution < 1.29 is 5.11 Å². The highest BCUT2D eigenvalue weighted by atomic mass is 16.3. The first-order valence-electron chi connectivity index (χ1n) is 6.47. The van der Waals surface area contributed by atoms with E-state index in [1.165, 1.54) is 5.39 Å². The molecule has 1 N–H and O–H groups in total. The Balaban J connectivity index is 2.04. The largest absolute Gasteiger partial charge is 0.384 e. The van der Waals surface area contributed by atoms with Crippen LogP contribution in [-0.4, -0.2) is 5.11 Å². The van der Waals surface area contributed by atoms with Gasteiger partial charge in [-0.15, -0.1) is 0 Å². The van der Waals surface area contributed by atoms with Gasteiger partial charge in [0.05, 0.1) is 0 Å². The van der Waals surface area contributed by atoms with E-state index >= 15 is 0 Å². The average Bonchev–Trinajstić information content (AvgIpc) is 2.46. The summed E-state index contributed by atoms with van der Waals surface area (Å²) >= 11 is 0. The molecule has 0 radical (unpaired) electrons. The molecule has 0 aliphatic rings. The molecule has 0 aromatic heterocycles. The molecule has 3 aromatic carbocycles. The van der Waals surface area contributed by atoms with E-state index in [2.05, 4.69) is 24.3 Å². The summed E-state index contributed by atoms with van der Waals surface area (Å²) in [5, 5.41) is 12.8. The summed E-state index contributed by atoms with van der Waals surface area (Å²) in [6.07, 6.45) is -0.565. The normalized spacial score (nSPS) is 12.5. The van der Waals surface area contributed by atoms with E-state index in [-0.39, 0.29) is 0 Å². The van der Waals surface area contributed by atoms with Gasteiger partial charge in [-0.25, -0.2) is 0 Å². The van der Waals surface area contributed by atoms with Crippen LogP contribution in [0.1, 0.15) is 22.8 Å². The smallest absolute Gasteiger partial charge is 0.104 e. The lowest BCUT2D eigenvalue weighted by Crippen LogP contribution is -1.99. The van der Waals surface area contributed by atoms with Gasteiger partial charge in [0.2, 0.25) is 0 Å². The molecule has 1 heteroatoms. The Bertz CT molecular complexity index is 715. The lowest BCUT2D eigenvalue weighted by Gasteiger charge is -2.13. The fourth-order valence-corrected chi connectivity index (χ4v) is 2.41. The van der Waals surface area contributed by atoms with Crippen molar-refractivity contribution in [3.63, 3.8) is 0 Å². The lowest BCUT2D eigenvalue weighted by molar-refractivity contribution is 0.220. The average molecular weight is 248 g/mol. The molecule has 0 fully saturated rings. The topological polar surface area (TPSA) is 20.2 Å². The number of fused-ring (bicyclic) bond motifs is 1. The van der Waals surface area contributed by atoms with E-state index in [9.17, 15) is 5.11 Å². The van der Waals surface area contributed by atoms with Gasteiger partial charge in [0.1, 0.15) is 6.10 Å². The molecule has 1 unspecified atom stereocenters. The molecule has 0 aliphatic carbocycles. The van der Waals surface area contributed by atoms with E-state index in [1.807, 2.05) is 49.4 Å². The fourth-order valence-electron chi connectivity index (χ4n) is 2.41. The van der Waals surface area contributed by atoms with Gasteiger partial charge in [0.25, 0.3) is 0 Å². The van der Waals surface area contributed by atoms with Crippen molar-refractivity contribution in [3.05, 3.63) is 83.4 Å². The predicted octanol–water partition coefficient (Wildman–Crippen LogP) is 4.23.